The summed E-state index contributed by atoms with van der Waals surface area (Å²) in [7, 11) is 0. The molecular formula is C24H22N4O4. The van der Waals surface area contributed by atoms with Gasteiger partial charge in [0.1, 0.15) is 0 Å². The number of aromatic amines is 1. The van der Waals surface area contributed by atoms with E-state index in [-0.39, 0.29) is 24.8 Å². The van der Waals surface area contributed by atoms with Gasteiger partial charge in [-0.15, -0.1) is 0 Å². The number of benzene rings is 2. The molecule has 8 heteroatoms. The molecule has 1 aromatic heterocycles. The predicted molar refractivity (Wildman–Crippen MR) is 118 cm³/mol. The SMILES string of the molecule is C=C1CC2C(=O)N(c3ccccc3)C(=O)C2CC1n1[nH]c(=O)n(Cc2ccccc2)c1=O. The van der Waals surface area contributed by atoms with Crippen LogP contribution in [0.3, 0.4) is 0 Å². The van der Waals surface area contributed by atoms with Gasteiger partial charge in [-0.3, -0.25) is 14.5 Å². The number of para-hydroxylation sites is 1. The van der Waals surface area contributed by atoms with Gasteiger partial charge >= 0.3 is 11.4 Å². The lowest BCUT2D eigenvalue weighted by molar-refractivity contribution is -0.122. The Morgan fingerprint density at radius 1 is 0.875 bits per heavy atom. The number of hydrogen-bond acceptors (Lipinski definition) is 4. The van der Waals surface area contributed by atoms with Crippen LogP contribution < -0.4 is 16.3 Å². The van der Waals surface area contributed by atoms with Gasteiger partial charge in [0, 0.05) is 0 Å². The quantitative estimate of drug-likeness (QED) is 0.506. The van der Waals surface area contributed by atoms with Crippen LogP contribution in [0.5, 0.6) is 0 Å². The van der Waals surface area contributed by atoms with Gasteiger partial charge in [0.25, 0.3) is 0 Å². The number of H-pyrrole nitrogens is 1. The van der Waals surface area contributed by atoms with Crippen LogP contribution in [0.4, 0.5) is 5.69 Å². The van der Waals surface area contributed by atoms with Crippen LogP contribution in [0.15, 0.2) is 82.4 Å². The Balaban J connectivity index is 1.45. The number of carbonyl (C=O) groups excluding carboxylic acids is 2. The summed E-state index contributed by atoms with van der Waals surface area (Å²) in [5.74, 6) is -1.58. The number of amides is 2. The third-order valence-electron chi connectivity index (χ3n) is 6.40. The minimum atomic E-state index is -0.564. The predicted octanol–water partition coefficient (Wildman–Crippen LogP) is 2.08. The lowest BCUT2D eigenvalue weighted by atomic mass is 9.76. The van der Waals surface area contributed by atoms with Crippen molar-refractivity contribution in [2.24, 2.45) is 11.8 Å². The number of rotatable bonds is 4. The summed E-state index contributed by atoms with van der Waals surface area (Å²) in [5.41, 5.74) is 1.01. The van der Waals surface area contributed by atoms with Gasteiger partial charge in [-0.2, -0.15) is 0 Å². The van der Waals surface area contributed by atoms with Crippen molar-refractivity contribution < 1.29 is 9.59 Å². The lowest BCUT2D eigenvalue weighted by Crippen LogP contribution is -2.36. The number of aromatic nitrogens is 3. The molecule has 2 aromatic carbocycles. The summed E-state index contributed by atoms with van der Waals surface area (Å²) in [6.07, 6.45) is 0.532. The first-order chi connectivity index (χ1) is 15.5. The number of anilines is 1. The fourth-order valence-electron chi connectivity index (χ4n) is 4.77. The Labute approximate surface area is 183 Å². The normalized spacial score (nSPS) is 22.9. The first kappa shape index (κ1) is 20.0. The summed E-state index contributed by atoms with van der Waals surface area (Å²) in [4.78, 5) is 53.0. The minimum Gasteiger partial charge on any atom is -0.274 e. The number of nitrogens with one attached hydrogen (secondary N) is 1. The fourth-order valence-corrected chi connectivity index (χ4v) is 4.77. The van der Waals surface area contributed by atoms with Crippen molar-refractivity contribution >= 4 is 17.5 Å². The molecular weight excluding hydrogens is 408 g/mol. The molecule has 1 saturated carbocycles. The van der Waals surface area contributed by atoms with Crippen molar-refractivity contribution in [2.45, 2.75) is 25.4 Å². The summed E-state index contributed by atoms with van der Waals surface area (Å²) in [6.45, 7) is 4.23. The maximum absolute atomic E-state index is 13.1. The summed E-state index contributed by atoms with van der Waals surface area (Å²) < 4.78 is 2.39. The van der Waals surface area contributed by atoms with Crippen LogP contribution in [0.25, 0.3) is 0 Å². The summed E-state index contributed by atoms with van der Waals surface area (Å²) in [5, 5.41) is 2.62. The zero-order valence-electron chi connectivity index (χ0n) is 17.3. The Bertz CT molecular complexity index is 1320. The van der Waals surface area contributed by atoms with Gasteiger partial charge < -0.3 is 0 Å². The highest BCUT2D eigenvalue weighted by Gasteiger charge is 2.52. The average Bonchev–Trinajstić information content (AvgIpc) is 3.21. The lowest BCUT2D eigenvalue weighted by Gasteiger charge is -2.30. The standard InChI is InChI=1S/C24H22N4O4/c1-15-12-18-19(22(30)27(21(18)29)17-10-6-3-7-11-17)13-20(15)28-24(32)26(23(31)25-28)14-16-8-4-2-5-9-16/h2-11,18-20H,1,12-14H2,(H,25,31). The topological polar surface area (TPSA) is 97.2 Å². The molecule has 2 aliphatic rings. The summed E-state index contributed by atoms with van der Waals surface area (Å²) >= 11 is 0. The monoisotopic (exact) mass is 430 g/mol. The highest BCUT2D eigenvalue weighted by atomic mass is 16.2. The molecule has 0 radical (unpaired) electrons. The van der Waals surface area contributed by atoms with Crippen LogP contribution in [0, 0.1) is 11.8 Å². The Hall–Kier alpha value is -3.94. The first-order valence-electron chi connectivity index (χ1n) is 10.5. The van der Waals surface area contributed by atoms with E-state index in [0.717, 1.165) is 10.1 Å². The maximum Gasteiger partial charge on any atom is 0.347 e. The zero-order valence-corrected chi connectivity index (χ0v) is 17.3. The second-order valence-corrected chi connectivity index (χ2v) is 8.32. The molecule has 2 heterocycles. The average molecular weight is 430 g/mol. The molecule has 8 nitrogen and oxygen atoms in total. The van der Waals surface area contributed by atoms with Crippen molar-refractivity contribution in [3.05, 3.63) is 99.3 Å². The van der Waals surface area contributed by atoms with E-state index in [1.54, 1.807) is 24.3 Å². The van der Waals surface area contributed by atoms with Crippen molar-refractivity contribution in [1.29, 1.82) is 0 Å². The molecule has 2 fully saturated rings. The van der Waals surface area contributed by atoms with Crippen LogP contribution >= 0.6 is 0 Å². The molecule has 5 rings (SSSR count). The van der Waals surface area contributed by atoms with E-state index in [2.05, 4.69) is 11.7 Å². The van der Waals surface area contributed by atoms with E-state index in [0.29, 0.717) is 17.7 Å². The zero-order chi connectivity index (χ0) is 22.4. The second-order valence-electron chi connectivity index (χ2n) is 8.32. The Morgan fingerprint density at radius 3 is 2.19 bits per heavy atom. The van der Waals surface area contributed by atoms with E-state index in [1.807, 2.05) is 36.4 Å². The molecule has 1 N–H and O–H groups in total. The first-order valence-corrected chi connectivity index (χ1v) is 10.5. The molecule has 0 bridgehead atoms. The van der Waals surface area contributed by atoms with Crippen LogP contribution in [-0.4, -0.2) is 26.2 Å². The molecule has 32 heavy (non-hydrogen) atoms. The van der Waals surface area contributed by atoms with Gasteiger partial charge in [0.05, 0.1) is 30.1 Å². The Kier molecular flexibility index (Phi) is 4.77. The van der Waals surface area contributed by atoms with Gasteiger partial charge in [0.15, 0.2) is 0 Å². The van der Waals surface area contributed by atoms with Crippen LogP contribution in [0.1, 0.15) is 24.4 Å². The number of carbonyl (C=O) groups is 2. The van der Waals surface area contributed by atoms with E-state index in [4.69, 9.17) is 0 Å². The van der Waals surface area contributed by atoms with Crippen molar-refractivity contribution in [3.8, 4) is 0 Å². The van der Waals surface area contributed by atoms with Gasteiger partial charge in [-0.05, 0) is 30.5 Å². The number of nitrogens with zero attached hydrogens (tertiary/aromatic N) is 3. The van der Waals surface area contributed by atoms with Crippen LogP contribution in [0.2, 0.25) is 0 Å². The highest BCUT2D eigenvalue weighted by Crippen LogP contribution is 2.45. The molecule has 1 saturated heterocycles. The number of imide groups is 1. The molecule has 1 aliphatic heterocycles. The van der Waals surface area contributed by atoms with Crippen molar-refractivity contribution in [1.82, 2.24) is 14.3 Å². The molecule has 1 aliphatic carbocycles. The molecule has 3 unspecified atom stereocenters. The number of fused-ring (bicyclic) bond motifs is 1. The fraction of sp³-hybridized carbons (Fsp3) is 0.250. The second kappa shape index (κ2) is 7.64. The van der Waals surface area contributed by atoms with Gasteiger partial charge in [-0.25, -0.2) is 23.9 Å². The largest absolute Gasteiger partial charge is 0.347 e. The van der Waals surface area contributed by atoms with Gasteiger partial charge in [0.2, 0.25) is 11.8 Å². The molecule has 162 valence electrons. The van der Waals surface area contributed by atoms with E-state index >= 15 is 0 Å². The third-order valence-corrected chi connectivity index (χ3v) is 6.40. The summed E-state index contributed by atoms with van der Waals surface area (Å²) in [6, 6.07) is 17.5. The number of allylic oxidation sites excluding steroid dienone is 1. The van der Waals surface area contributed by atoms with E-state index in [1.165, 1.54) is 9.58 Å². The minimum absolute atomic E-state index is 0.145. The van der Waals surface area contributed by atoms with Crippen molar-refractivity contribution in [2.75, 3.05) is 4.90 Å². The van der Waals surface area contributed by atoms with E-state index in [9.17, 15) is 19.2 Å². The van der Waals surface area contributed by atoms with Gasteiger partial charge in [-0.1, -0.05) is 60.7 Å². The maximum atomic E-state index is 13.1. The Morgan fingerprint density at radius 2 is 1.50 bits per heavy atom. The smallest absolute Gasteiger partial charge is 0.274 e. The molecule has 0 spiro atoms. The van der Waals surface area contributed by atoms with E-state index < -0.39 is 29.3 Å². The number of hydrogen-bond donors (Lipinski definition) is 1. The highest BCUT2D eigenvalue weighted by molar-refractivity contribution is 6.22. The molecule has 3 aromatic rings. The van der Waals surface area contributed by atoms with Crippen molar-refractivity contribution in [3.63, 3.8) is 0 Å². The molecule has 3 atom stereocenters. The van der Waals surface area contributed by atoms with Crippen LogP contribution in [-0.2, 0) is 16.1 Å². The third kappa shape index (κ3) is 3.15. The molecule has 2 amide bonds.